The second-order valence-corrected chi connectivity index (χ2v) is 13.8. The van der Waals surface area contributed by atoms with Crippen LogP contribution in [0.3, 0.4) is 0 Å². The third kappa shape index (κ3) is 11.7. The van der Waals surface area contributed by atoms with E-state index >= 15 is 0 Å². The van der Waals surface area contributed by atoms with Gasteiger partial charge in [-0.05, 0) is 81.5 Å². The zero-order valence-corrected chi connectivity index (χ0v) is 31.1. The third-order valence-electron chi connectivity index (χ3n) is 9.33. The number of phenols is 4. The molecule has 2 fully saturated rings. The van der Waals surface area contributed by atoms with Gasteiger partial charge in [0, 0.05) is 11.6 Å². The first-order chi connectivity index (χ1) is 26.4. The summed E-state index contributed by atoms with van der Waals surface area (Å²) >= 11 is 0. The van der Waals surface area contributed by atoms with Gasteiger partial charge in [-0.1, -0.05) is 24.3 Å². The van der Waals surface area contributed by atoms with Gasteiger partial charge in [0.05, 0.1) is 18.3 Å². The van der Waals surface area contributed by atoms with Crippen LogP contribution in [0.15, 0.2) is 66.8 Å². The van der Waals surface area contributed by atoms with Crippen molar-refractivity contribution in [3.63, 3.8) is 0 Å². The topological polar surface area (TPSA) is 272 Å². The molecule has 0 amide bonds. The second kappa shape index (κ2) is 19.5. The maximum atomic E-state index is 13.3. The highest BCUT2D eigenvalue weighted by atomic mass is 16.7. The van der Waals surface area contributed by atoms with Crippen molar-refractivity contribution in [1.29, 1.82) is 0 Å². The molecule has 56 heavy (non-hydrogen) atoms. The standard InChI is InChI=1S/C39H50O17/c1-5-39(4,50)15-6-7-20(2)36(49)52-19-28-34(55-29(44)13-10-22-8-11-24(40)26(42)17-22)35(56-38-32(47)31(46)30(45)21(3)53-38)33(48)37(54-28)51-16-14-23-9-12-25(41)27(43)18-23/h5,7-13,17-18,21,28,30-35,37-38,40-43,45-48,50H,1,6,14-16,19H2,2-4H3/t21-,28+,30-,31+,32+,33+,34+,35+,37+,38-,39+/m0/s1. The van der Waals surface area contributed by atoms with Crippen molar-refractivity contribution < 1.29 is 84.0 Å². The lowest BCUT2D eigenvalue weighted by atomic mass is 9.97. The van der Waals surface area contributed by atoms with E-state index in [-0.39, 0.29) is 42.3 Å². The van der Waals surface area contributed by atoms with Crippen LogP contribution in [0.25, 0.3) is 6.08 Å². The summed E-state index contributed by atoms with van der Waals surface area (Å²) in [7, 11) is 0. The molecule has 11 atom stereocenters. The second-order valence-electron chi connectivity index (χ2n) is 13.8. The number of allylic oxidation sites excluding steroid dienone is 1. The molecule has 9 N–H and O–H groups in total. The lowest BCUT2D eigenvalue weighted by Crippen LogP contribution is -2.65. The molecule has 0 spiro atoms. The van der Waals surface area contributed by atoms with E-state index in [1.54, 1.807) is 13.0 Å². The molecule has 2 heterocycles. The van der Waals surface area contributed by atoms with Crippen LogP contribution in [0.4, 0.5) is 0 Å². The first-order valence-corrected chi connectivity index (χ1v) is 17.8. The van der Waals surface area contributed by atoms with Crippen molar-refractivity contribution in [3.8, 4) is 23.0 Å². The number of phenolic OH excluding ortho intramolecular Hbond substituents is 4. The summed E-state index contributed by atoms with van der Waals surface area (Å²) in [5.41, 5.74) is -0.156. The molecule has 17 nitrogen and oxygen atoms in total. The third-order valence-corrected chi connectivity index (χ3v) is 9.33. The van der Waals surface area contributed by atoms with E-state index in [0.29, 0.717) is 17.5 Å². The van der Waals surface area contributed by atoms with E-state index < -0.39 is 91.3 Å². The quantitative estimate of drug-likeness (QED) is 0.0500. The number of ether oxygens (including phenoxy) is 6. The lowest BCUT2D eigenvalue weighted by molar-refractivity contribution is -0.357. The number of aliphatic hydroxyl groups is 5. The van der Waals surface area contributed by atoms with Crippen molar-refractivity contribution in [3.05, 3.63) is 77.9 Å². The van der Waals surface area contributed by atoms with Gasteiger partial charge in [-0.15, -0.1) is 6.58 Å². The van der Waals surface area contributed by atoms with E-state index in [4.69, 9.17) is 28.4 Å². The van der Waals surface area contributed by atoms with Crippen LogP contribution in [0.5, 0.6) is 23.0 Å². The first-order valence-electron chi connectivity index (χ1n) is 17.8. The Morgan fingerprint density at radius 3 is 2.21 bits per heavy atom. The van der Waals surface area contributed by atoms with Gasteiger partial charge in [0.15, 0.2) is 41.7 Å². The summed E-state index contributed by atoms with van der Waals surface area (Å²) in [4.78, 5) is 26.4. The van der Waals surface area contributed by atoms with Crippen LogP contribution in [0.1, 0.15) is 44.7 Å². The lowest BCUT2D eigenvalue weighted by Gasteiger charge is -2.46. The normalized spacial score (nSPS) is 29.4. The zero-order valence-electron chi connectivity index (χ0n) is 31.1. The van der Waals surface area contributed by atoms with Gasteiger partial charge in [-0.3, -0.25) is 0 Å². The molecule has 0 unspecified atom stereocenters. The van der Waals surface area contributed by atoms with E-state index in [1.165, 1.54) is 62.4 Å². The smallest absolute Gasteiger partial charge is 0.333 e. The largest absolute Gasteiger partial charge is 0.504 e. The van der Waals surface area contributed by atoms with Crippen LogP contribution >= 0.6 is 0 Å². The van der Waals surface area contributed by atoms with Gasteiger partial charge in [-0.2, -0.15) is 0 Å². The van der Waals surface area contributed by atoms with Crippen LogP contribution in [-0.4, -0.2) is 138 Å². The Morgan fingerprint density at radius 1 is 0.875 bits per heavy atom. The number of rotatable bonds is 16. The van der Waals surface area contributed by atoms with Gasteiger partial charge in [0.25, 0.3) is 0 Å². The van der Waals surface area contributed by atoms with E-state index in [1.807, 2.05) is 0 Å². The Hall–Kier alpha value is -4.56. The van der Waals surface area contributed by atoms with E-state index in [2.05, 4.69) is 6.58 Å². The van der Waals surface area contributed by atoms with Crippen LogP contribution < -0.4 is 0 Å². The van der Waals surface area contributed by atoms with Gasteiger partial charge in [-0.25, -0.2) is 9.59 Å². The average Bonchev–Trinajstić information content (AvgIpc) is 3.16. The molecule has 2 aliphatic heterocycles. The number of benzene rings is 2. The number of carbonyl (C=O) groups excluding carboxylic acids is 2. The van der Waals surface area contributed by atoms with Crippen molar-refractivity contribution in [2.75, 3.05) is 13.2 Å². The van der Waals surface area contributed by atoms with Crippen molar-refractivity contribution in [2.24, 2.45) is 0 Å². The summed E-state index contributed by atoms with van der Waals surface area (Å²) in [6, 6.07) is 7.90. The molecule has 2 aromatic rings. The SMILES string of the molecule is C=C[C@@](C)(O)CCC=C(C)C(=O)OC[C@H]1O[C@@H](OCCc2ccc(O)c(O)c2)[C@H](O)[C@@H](O[C@@H]2O[C@@H](C)[C@H](O)[C@@H](O)[C@H]2O)[C@@H]1OC(=O)C=Cc1ccc(O)c(O)c1. The molecule has 0 bridgehead atoms. The Balaban J connectivity index is 1.63. The molecule has 2 aromatic carbocycles. The summed E-state index contributed by atoms with van der Waals surface area (Å²) in [5.74, 6) is -3.36. The molecule has 0 radical (unpaired) electrons. The molecule has 4 rings (SSSR count). The van der Waals surface area contributed by atoms with Gasteiger partial charge in [0.2, 0.25) is 0 Å². The highest BCUT2D eigenvalue weighted by Gasteiger charge is 2.52. The van der Waals surface area contributed by atoms with Crippen molar-refractivity contribution in [2.45, 2.75) is 107 Å². The fourth-order valence-electron chi connectivity index (χ4n) is 5.78. The Labute approximate surface area is 322 Å². The van der Waals surface area contributed by atoms with Gasteiger partial charge >= 0.3 is 11.9 Å². The zero-order chi connectivity index (χ0) is 41.3. The minimum atomic E-state index is -1.85. The van der Waals surface area contributed by atoms with Gasteiger partial charge < -0.3 is 74.4 Å². The predicted molar refractivity (Wildman–Crippen MR) is 195 cm³/mol. The highest BCUT2D eigenvalue weighted by molar-refractivity contribution is 5.88. The number of hydrogen-bond donors (Lipinski definition) is 9. The molecule has 0 saturated carbocycles. The summed E-state index contributed by atoms with van der Waals surface area (Å²) in [6.07, 6.45) is -10.1. The van der Waals surface area contributed by atoms with Crippen LogP contribution in [0.2, 0.25) is 0 Å². The predicted octanol–water partition coefficient (Wildman–Crippen LogP) is 1.20. The fraction of sp³-hybridized carbons (Fsp3) is 0.487. The molecule has 17 heteroatoms. The molecular formula is C39H50O17. The van der Waals surface area contributed by atoms with E-state index in [9.17, 15) is 55.5 Å². The van der Waals surface area contributed by atoms with Crippen LogP contribution in [-0.2, 0) is 44.4 Å². The minimum absolute atomic E-state index is 0.140. The fourth-order valence-corrected chi connectivity index (χ4v) is 5.78. The number of hydrogen-bond acceptors (Lipinski definition) is 17. The molecule has 308 valence electrons. The van der Waals surface area contributed by atoms with E-state index in [0.717, 1.165) is 6.08 Å². The molecule has 0 aliphatic carbocycles. The summed E-state index contributed by atoms with van der Waals surface area (Å²) in [5, 5.41) is 92.4. The summed E-state index contributed by atoms with van der Waals surface area (Å²) < 4.78 is 34.7. The monoisotopic (exact) mass is 790 g/mol. The number of aromatic hydroxyl groups is 4. The maximum Gasteiger partial charge on any atom is 0.333 e. The Bertz CT molecular complexity index is 1720. The average molecular weight is 791 g/mol. The Kier molecular flexibility index (Phi) is 15.4. The maximum absolute atomic E-state index is 13.3. The number of carbonyl (C=O) groups is 2. The van der Waals surface area contributed by atoms with Crippen LogP contribution in [0, 0.1) is 0 Å². The Morgan fingerprint density at radius 2 is 1.55 bits per heavy atom. The van der Waals surface area contributed by atoms with Gasteiger partial charge in [0.1, 0.15) is 43.2 Å². The van der Waals surface area contributed by atoms with Crippen molar-refractivity contribution in [1.82, 2.24) is 0 Å². The first kappa shape index (κ1) is 44.2. The minimum Gasteiger partial charge on any atom is -0.504 e. The molecule has 0 aromatic heterocycles. The number of aliphatic hydroxyl groups excluding tert-OH is 4. The molecule has 2 aliphatic rings. The molecule has 2 saturated heterocycles. The number of esters is 2. The van der Waals surface area contributed by atoms with Crippen molar-refractivity contribution >= 4 is 18.0 Å². The summed E-state index contributed by atoms with van der Waals surface area (Å²) in [6.45, 7) is 7.29. The molecular weight excluding hydrogens is 740 g/mol. The highest BCUT2D eigenvalue weighted by Crippen LogP contribution is 2.33.